The predicted molar refractivity (Wildman–Crippen MR) is 73.1 cm³/mol. The molecule has 1 aliphatic rings. The van der Waals surface area contributed by atoms with Gasteiger partial charge in [0, 0.05) is 13.1 Å². The second-order valence-corrected chi connectivity index (χ2v) is 4.68. The number of benzene rings is 1. The van der Waals surface area contributed by atoms with Crippen LogP contribution in [0.25, 0.3) is 0 Å². The molecule has 2 rings (SSSR count). The summed E-state index contributed by atoms with van der Waals surface area (Å²) in [7, 11) is 1.51. The van der Waals surface area contributed by atoms with Crippen molar-refractivity contribution in [2.24, 2.45) is 0 Å². The summed E-state index contributed by atoms with van der Waals surface area (Å²) in [6.07, 6.45) is 0.680. The van der Waals surface area contributed by atoms with Gasteiger partial charge in [-0.15, -0.1) is 0 Å². The van der Waals surface area contributed by atoms with Crippen molar-refractivity contribution in [3.8, 4) is 5.75 Å². The van der Waals surface area contributed by atoms with Gasteiger partial charge in [0.1, 0.15) is 5.75 Å². The Kier molecular flexibility index (Phi) is 4.45. The van der Waals surface area contributed by atoms with Gasteiger partial charge in [0.2, 0.25) is 0 Å². The third kappa shape index (κ3) is 3.01. The van der Waals surface area contributed by atoms with Crippen LogP contribution in [0.1, 0.15) is 23.2 Å². The Bertz CT molecular complexity index is 504. The fraction of sp³-hybridized carbons (Fsp3) is 0.429. The fourth-order valence-electron chi connectivity index (χ4n) is 2.44. The van der Waals surface area contributed by atoms with Crippen molar-refractivity contribution in [1.29, 1.82) is 0 Å². The molecule has 0 radical (unpaired) electrons. The van der Waals surface area contributed by atoms with Crippen molar-refractivity contribution in [2.75, 3.05) is 20.2 Å². The minimum Gasteiger partial charge on any atom is -0.496 e. The molecule has 0 spiro atoms. The van der Waals surface area contributed by atoms with E-state index in [2.05, 4.69) is 5.32 Å². The standard InChI is InChI=1S/C14H18N2O4/c1-20-12-7-3-2-6-11(12)13(17)15-9-10-5-4-8-16(10)14(18)19/h2-3,6-7,10H,4-5,8-9H2,1H3,(H,15,17)(H,18,19). The summed E-state index contributed by atoms with van der Waals surface area (Å²) in [6, 6.07) is 6.80. The van der Waals surface area contributed by atoms with Gasteiger partial charge >= 0.3 is 6.09 Å². The number of carbonyl (C=O) groups is 2. The molecule has 1 atom stereocenters. The normalized spacial score (nSPS) is 17.9. The molecule has 1 aliphatic heterocycles. The summed E-state index contributed by atoms with van der Waals surface area (Å²) in [4.78, 5) is 24.5. The molecule has 1 saturated heterocycles. The molecule has 0 aliphatic carbocycles. The monoisotopic (exact) mass is 278 g/mol. The van der Waals surface area contributed by atoms with Crippen LogP contribution in [0.2, 0.25) is 0 Å². The van der Waals surface area contributed by atoms with Crippen molar-refractivity contribution in [1.82, 2.24) is 10.2 Å². The Morgan fingerprint density at radius 1 is 1.45 bits per heavy atom. The van der Waals surface area contributed by atoms with Crippen LogP contribution in [0.5, 0.6) is 5.75 Å². The van der Waals surface area contributed by atoms with Gasteiger partial charge in [-0.25, -0.2) is 4.79 Å². The van der Waals surface area contributed by atoms with E-state index < -0.39 is 6.09 Å². The molecule has 0 aromatic heterocycles. The first-order valence-electron chi connectivity index (χ1n) is 6.54. The second kappa shape index (κ2) is 6.27. The molecule has 1 aromatic carbocycles. The Morgan fingerprint density at radius 2 is 2.20 bits per heavy atom. The van der Waals surface area contributed by atoms with Crippen molar-refractivity contribution in [3.63, 3.8) is 0 Å². The quantitative estimate of drug-likeness (QED) is 0.876. The van der Waals surface area contributed by atoms with Gasteiger partial charge in [0.25, 0.3) is 5.91 Å². The molecule has 20 heavy (non-hydrogen) atoms. The van der Waals surface area contributed by atoms with Crippen LogP contribution in [0.4, 0.5) is 4.79 Å². The number of rotatable bonds is 4. The summed E-state index contributed by atoms with van der Waals surface area (Å²) >= 11 is 0. The number of nitrogens with one attached hydrogen (secondary N) is 1. The molecule has 0 saturated carbocycles. The fourth-order valence-corrected chi connectivity index (χ4v) is 2.44. The zero-order chi connectivity index (χ0) is 14.5. The summed E-state index contributed by atoms with van der Waals surface area (Å²) in [6.45, 7) is 0.855. The van der Waals surface area contributed by atoms with E-state index in [1.54, 1.807) is 24.3 Å². The van der Waals surface area contributed by atoms with Gasteiger partial charge < -0.3 is 20.1 Å². The van der Waals surface area contributed by atoms with Crippen molar-refractivity contribution in [3.05, 3.63) is 29.8 Å². The average molecular weight is 278 g/mol. The van der Waals surface area contributed by atoms with Crippen molar-refractivity contribution in [2.45, 2.75) is 18.9 Å². The Labute approximate surface area is 117 Å². The first-order chi connectivity index (χ1) is 9.63. The third-order valence-electron chi connectivity index (χ3n) is 3.47. The number of likely N-dealkylation sites (tertiary alicyclic amines) is 1. The highest BCUT2D eigenvalue weighted by Crippen LogP contribution is 2.19. The first kappa shape index (κ1) is 14.2. The SMILES string of the molecule is COc1ccccc1C(=O)NCC1CCCN1C(=O)O. The molecule has 2 N–H and O–H groups in total. The number of methoxy groups -OCH3 is 1. The van der Waals surface area contributed by atoms with Gasteiger partial charge in [-0.2, -0.15) is 0 Å². The van der Waals surface area contributed by atoms with E-state index in [0.717, 1.165) is 12.8 Å². The second-order valence-electron chi connectivity index (χ2n) is 4.68. The Hall–Kier alpha value is -2.24. The molecule has 2 amide bonds. The maximum Gasteiger partial charge on any atom is 0.407 e. The van der Waals surface area contributed by atoms with Gasteiger partial charge in [0.05, 0.1) is 18.7 Å². The molecule has 1 heterocycles. The molecule has 1 fully saturated rings. The number of nitrogens with zero attached hydrogens (tertiary/aromatic N) is 1. The van der Waals surface area contributed by atoms with Gasteiger partial charge in [-0.3, -0.25) is 4.79 Å². The van der Waals surface area contributed by atoms with Crippen LogP contribution < -0.4 is 10.1 Å². The number of hydrogen-bond acceptors (Lipinski definition) is 3. The lowest BCUT2D eigenvalue weighted by Crippen LogP contribution is -2.42. The van der Waals surface area contributed by atoms with Crippen LogP contribution in [0, 0.1) is 0 Å². The van der Waals surface area contributed by atoms with Crippen LogP contribution in [0.3, 0.4) is 0 Å². The molecule has 1 aromatic rings. The topological polar surface area (TPSA) is 78.9 Å². The number of ether oxygens (including phenoxy) is 1. The number of carboxylic acid groups (broad SMARTS) is 1. The van der Waals surface area contributed by atoms with Crippen molar-refractivity contribution >= 4 is 12.0 Å². The van der Waals surface area contributed by atoms with Gasteiger partial charge in [-0.1, -0.05) is 12.1 Å². The lowest BCUT2D eigenvalue weighted by molar-refractivity contribution is 0.0931. The number of hydrogen-bond donors (Lipinski definition) is 2. The van der Waals surface area contributed by atoms with E-state index in [0.29, 0.717) is 24.4 Å². The van der Waals surface area contributed by atoms with E-state index >= 15 is 0 Å². The lowest BCUT2D eigenvalue weighted by Gasteiger charge is -2.21. The maximum absolute atomic E-state index is 12.1. The molecule has 6 nitrogen and oxygen atoms in total. The highest BCUT2D eigenvalue weighted by Gasteiger charge is 2.28. The third-order valence-corrected chi connectivity index (χ3v) is 3.47. The van der Waals surface area contributed by atoms with Gasteiger partial charge in [0.15, 0.2) is 0 Å². The van der Waals surface area contributed by atoms with Crippen molar-refractivity contribution < 1.29 is 19.4 Å². The molecular weight excluding hydrogens is 260 g/mol. The highest BCUT2D eigenvalue weighted by atomic mass is 16.5. The summed E-state index contributed by atoms with van der Waals surface area (Å²) in [5, 5.41) is 11.8. The molecule has 108 valence electrons. The minimum atomic E-state index is -0.931. The summed E-state index contributed by atoms with van der Waals surface area (Å²) in [5.41, 5.74) is 0.454. The predicted octanol–water partition coefficient (Wildman–Crippen LogP) is 1.57. The molecule has 1 unspecified atom stereocenters. The van der Waals surface area contributed by atoms with E-state index in [1.165, 1.54) is 12.0 Å². The first-order valence-corrected chi connectivity index (χ1v) is 6.54. The summed E-state index contributed by atoms with van der Waals surface area (Å²) in [5.74, 6) is 0.256. The van der Waals surface area contributed by atoms with Crippen LogP contribution in [-0.2, 0) is 0 Å². The van der Waals surface area contributed by atoms with E-state index in [-0.39, 0.29) is 11.9 Å². The van der Waals surface area contributed by atoms with Crippen LogP contribution in [-0.4, -0.2) is 48.2 Å². The van der Waals surface area contributed by atoms with E-state index in [1.807, 2.05) is 0 Å². The molecule has 6 heteroatoms. The maximum atomic E-state index is 12.1. The number of para-hydroxylation sites is 1. The summed E-state index contributed by atoms with van der Waals surface area (Å²) < 4.78 is 5.13. The average Bonchev–Trinajstić information content (AvgIpc) is 2.93. The molecule has 0 bridgehead atoms. The molecular formula is C14H18N2O4. The lowest BCUT2D eigenvalue weighted by atomic mass is 10.1. The number of carbonyl (C=O) groups excluding carboxylic acids is 1. The Morgan fingerprint density at radius 3 is 2.90 bits per heavy atom. The zero-order valence-corrected chi connectivity index (χ0v) is 11.3. The minimum absolute atomic E-state index is 0.147. The number of amides is 2. The largest absolute Gasteiger partial charge is 0.496 e. The highest BCUT2D eigenvalue weighted by molar-refractivity contribution is 5.96. The van der Waals surface area contributed by atoms with E-state index in [4.69, 9.17) is 9.84 Å². The van der Waals surface area contributed by atoms with Crippen LogP contribution >= 0.6 is 0 Å². The Balaban J connectivity index is 1.97. The van der Waals surface area contributed by atoms with Gasteiger partial charge in [-0.05, 0) is 25.0 Å². The smallest absolute Gasteiger partial charge is 0.407 e. The van der Waals surface area contributed by atoms with Crippen LogP contribution in [0.15, 0.2) is 24.3 Å². The van der Waals surface area contributed by atoms with E-state index in [9.17, 15) is 9.59 Å². The zero-order valence-electron chi connectivity index (χ0n) is 11.3.